The monoisotopic (exact) mass is 300 g/mol. The molecule has 0 radical (unpaired) electrons. The molecule has 2 rings (SSSR count). The predicted octanol–water partition coefficient (Wildman–Crippen LogP) is 3.84. The molecule has 0 aromatic heterocycles. The van der Waals surface area contributed by atoms with Gasteiger partial charge in [-0.3, -0.25) is 15.1 Å². The maximum Gasteiger partial charge on any atom is 0.270 e. The normalized spacial score (nSPS) is 29.9. The fourth-order valence-corrected chi connectivity index (χ4v) is 3.59. The van der Waals surface area contributed by atoms with Gasteiger partial charge in [0.1, 0.15) is 17.5 Å². The second kappa shape index (κ2) is 5.12. The summed E-state index contributed by atoms with van der Waals surface area (Å²) in [6.45, 7) is 4.89. The highest BCUT2D eigenvalue weighted by molar-refractivity contribution is 8.14. The number of nitro benzene ring substituents is 1. The summed E-state index contributed by atoms with van der Waals surface area (Å²) in [4.78, 5) is 14.4. The summed E-state index contributed by atoms with van der Waals surface area (Å²) in [5, 5.41) is 11.1. The number of rotatable bonds is 2. The Kier molecular flexibility index (Phi) is 3.82. The third-order valence-corrected chi connectivity index (χ3v) is 4.44. The minimum absolute atomic E-state index is 0.0781. The standard InChI is InChI=1S/C13H14F2N2O2S/c1-7-12(15)13(3,16-8(2)20-7)10-6-9(17(18)19)4-5-11(10)14/h4-7,12H,1-3H3/t7-,12+,13-/m1/s1. The van der Waals surface area contributed by atoms with Gasteiger partial charge >= 0.3 is 0 Å². The van der Waals surface area contributed by atoms with Crippen LogP contribution in [0.1, 0.15) is 26.3 Å². The molecule has 0 aliphatic carbocycles. The Balaban J connectivity index is 2.61. The van der Waals surface area contributed by atoms with E-state index in [0.29, 0.717) is 5.04 Å². The minimum atomic E-state index is -1.44. The van der Waals surface area contributed by atoms with Crippen LogP contribution in [0.25, 0.3) is 0 Å². The van der Waals surface area contributed by atoms with Crippen molar-refractivity contribution in [2.75, 3.05) is 0 Å². The molecule has 7 heteroatoms. The molecule has 1 aromatic carbocycles. The first-order valence-electron chi connectivity index (χ1n) is 6.07. The van der Waals surface area contributed by atoms with E-state index in [1.807, 2.05) is 0 Å². The first-order chi connectivity index (χ1) is 9.25. The molecule has 3 atom stereocenters. The highest BCUT2D eigenvalue weighted by Gasteiger charge is 2.45. The fraction of sp³-hybridized carbons (Fsp3) is 0.462. The van der Waals surface area contributed by atoms with Gasteiger partial charge in [0.05, 0.1) is 9.97 Å². The van der Waals surface area contributed by atoms with Crippen LogP contribution in [0.2, 0.25) is 0 Å². The minimum Gasteiger partial charge on any atom is -0.269 e. The highest BCUT2D eigenvalue weighted by Crippen LogP contribution is 2.43. The van der Waals surface area contributed by atoms with E-state index in [1.54, 1.807) is 13.8 Å². The number of non-ortho nitro benzene ring substituents is 1. The van der Waals surface area contributed by atoms with Crippen LogP contribution in [0.4, 0.5) is 14.5 Å². The van der Waals surface area contributed by atoms with Crippen molar-refractivity contribution in [1.82, 2.24) is 0 Å². The molecule has 4 nitrogen and oxygen atoms in total. The summed E-state index contributed by atoms with van der Waals surface area (Å²) in [7, 11) is 0. The quantitative estimate of drug-likeness (QED) is 0.616. The van der Waals surface area contributed by atoms with Crippen LogP contribution >= 0.6 is 11.8 Å². The van der Waals surface area contributed by atoms with Crippen molar-refractivity contribution >= 4 is 22.5 Å². The van der Waals surface area contributed by atoms with Crippen LogP contribution in [-0.2, 0) is 5.54 Å². The molecule has 0 saturated heterocycles. The van der Waals surface area contributed by atoms with Crippen molar-refractivity contribution in [3.63, 3.8) is 0 Å². The molecule has 1 heterocycles. The Morgan fingerprint density at radius 1 is 1.50 bits per heavy atom. The zero-order valence-corrected chi connectivity index (χ0v) is 12.1. The third kappa shape index (κ3) is 2.42. The molecular formula is C13H14F2N2O2S. The molecule has 20 heavy (non-hydrogen) atoms. The van der Waals surface area contributed by atoms with E-state index < -0.39 is 27.7 Å². The topological polar surface area (TPSA) is 55.5 Å². The van der Waals surface area contributed by atoms with Crippen molar-refractivity contribution in [3.8, 4) is 0 Å². The average molecular weight is 300 g/mol. The van der Waals surface area contributed by atoms with Crippen molar-refractivity contribution in [3.05, 3.63) is 39.7 Å². The number of nitrogens with zero attached hydrogens (tertiary/aromatic N) is 2. The maximum atomic E-state index is 14.5. The summed E-state index contributed by atoms with van der Waals surface area (Å²) >= 11 is 1.28. The van der Waals surface area contributed by atoms with E-state index >= 15 is 0 Å². The Morgan fingerprint density at radius 3 is 2.75 bits per heavy atom. The highest BCUT2D eigenvalue weighted by atomic mass is 32.2. The number of aliphatic imine (C=N–C) groups is 1. The van der Waals surface area contributed by atoms with Gasteiger partial charge in [0.2, 0.25) is 0 Å². The fourth-order valence-electron chi connectivity index (χ4n) is 2.42. The molecule has 0 amide bonds. The molecule has 108 valence electrons. The maximum absolute atomic E-state index is 14.5. The first kappa shape index (κ1) is 14.9. The lowest BCUT2D eigenvalue weighted by atomic mass is 9.85. The third-order valence-electron chi connectivity index (χ3n) is 3.40. The smallest absolute Gasteiger partial charge is 0.269 e. The van der Waals surface area contributed by atoms with Crippen LogP contribution in [0.15, 0.2) is 23.2 Å². The van der Waals surface area contributed by atoms with E-state index in [-0.39, 0.29) is 11.3 Å². The van der Waals surface area contributed by atoms with Crippen LogP contribution in [0.3, 0.4) is 0 Å². The van der Waals surface area contributed by atoms with Gasteiger partial charge < -0.3 is 0 Å². The van der Waals surface area contributed by atoms with E-state index in [0.717, 1.165) is 18.2 Å². The Labute approximate surface area is 119 Å². The largest absolute Gasteiger partial charge is 0.270 e. The van der Waals surface area contributed by atoms with Crippen molar-refractivity contribution in [2.24, 2.45) is 4.99 Å². The molecule has 1 aromatic rings. The lowest BCUT2D eigenvalue weighted by molar-refractivity contribution is -0.385. The molecule has 1 aliphatic rings. The molecule has 0 fully saturated rings. The number of benzene rings is 1. The van der Waals surface area contributed by atoms with E-state index in [2.05, 4.69) is 4.99 Å². The van der Waals surface area contributed by atoms with Crippen molar-refractivity contribution in [2.45, 2.75) is 37.7 Å². The number of alkyl halides is 1. The molecule has 0 spiro atoms. The number of hydrogen-bond donors (Lipinski definition) is 0. The number of hydrogen-bond acceptors (Lipinski definition) is 4. The molecule has 0 bridgehead atoms. The lowest BCUT2D eigenvalue weighted by Gasteiger charge is -2.37. The Morgan fingerprint density at radius 2 is 2.15 bits per heavy atom. The summed E-state index contributed by atoms with van der Waals surface area (Å²) < 4.78 is 28.6. The molecule has 0 unspecified atom stereocenters. The summed E-state index contributed by atoms with van der Waals surface area (Å²) in [5.74, 6) is -0.684. The van der Waals surface area contributed by atoms with Gasteiger partial charge in [-0.1, -0.05) is 0 Å². The van der Waals surface area contributed by atoms with Crippen molar-refractivity contribution < 1.29 is 13.7 Å². The van der Waals surface area contributed by atoms with Gasteiger partial charge in [0.15, 0.2) is 0 Å². The molecule has 0 saturated carbocycles. The van der Waals surface area contributed by atoms with Crippen LogP contribution in [0, 0.1) is 15.9 Å². The number of halogens is 2. The Bertz CT molecular complexity index is 594. The second-order valence-electron chi connectivity index (χ2n) is 4.92. The average Bonchev–Trinajstić information content (AvgIpc) is 2.35. The Hall–Kier alpha value is -1.50. The number of thioether (sulfide) groups is 1. The van der Waals surface area contributed by atoms with Gasteiger partial charge in [-0.25, -0.2) is 8.78 Å². The van der Waals surface area contributed by atoms with Gasteiger partial charge in [0.25, 0.3) is 5.69 Å². The van der Waals surface area contributed by atoms with Gasteiger partial charge in [-0.15, -0.1) is 11.8 Å². The lowest BCUT2D eigenvalue weighted by Crippen LogP contribution is -2.42. The van der Waals surface area contributed by atoms with Gasteiger partial charge in [-0.2, -0.15) is 0 Å². The van der Waals surface area contributed by atoms with Crippen LogP contribution in [-0.4, -0.2) is 21.4 Å². The molecule has 0 N–H and O–H groups in total. The predicted molar refractivity (Wildman–Crippen MR) is 75.5 cm³/mol. The first-order valence-corrected chi connectivity index (χ1v) is 6.95. The molecular weight excluding hydrogens is 286 g/mol. The SMILES string of the molecule is CC1=N[C@](C)(c2cc([N+](=O)[O-])ccc2F)[C@@H](F)[C@@H](C)S1. The second-order valence-corrected chi connectivity index (χ2v) is 6.49. The van der Waals surface area contributed by atoms with E-state index in [4.69, 9.17) is 0 Å². The van der Waals surface area contributed by atoms with Gasteiger partial charge in [0, 0.05) is 22.9 Å². The summed E-state index contributed by atoms with van der Waals surface area (Å²) in [6.07, 6.45) is -1.42. The van der Waals surface area contributed by atoms with E-state index in [1.165, 1.54) is 18.7 Å². The van der Waals surface area contributed by atoms with Gasteiger partial charge in [-0.05, 0) is 26.8 Å². The summed E-state index contributed by atoms with van der Waals surface area (Å²) in [6, 6.07) is 3.12. The zero-order valence-electron chi connectivity index (χ0n) is 11.3. The van der Waals surface area contributed by atoms with Crippen LogP contribution in [0.5, 0.6) is 0 Å². The molecule has 1 aliphatic heterocycles. The van der Waals surface area contributed by atoms with Crippen LogP contribution < -0.4 is 0 Å². The van der Waals surface area contributed by atoms with Crippen molar-refractivity contribution in [1.29, 1.82) is 0 Å². The zero-order chi connectivity index (χ0) is 15.1. The van der Waals surface area contributed by atoms with E-state index in [9.17, 15) is 18.9 Å². The summed E-state index contributed by atoms with van der Waals surface area (Å²) in [5.41, 5.74) is -1.79. The number of nitro groups is 1.